The Morgan fingerprint density at radius 3 is 2.54 bits per heavy atom. The van der Waals surface area contributed by atoms with Gasteiger partial charge in [-0.25, -0.2) is 0 Å². The summed E-state index contributed by atoms with van der Waals surface area (Å²) >= 11 is 7.59. The maximum Gasteiger partial charge on any atom is 0.231 e. The third kappa shape index (κ3) is 4.93. The van der Waals surface area contributed by atoms with Crippen LogP contribution in [0.25, 0.3) is 0 Å². The van der Waals surface area contributed by atoms with Gasteiger partial charge in [-0.3, -0.25) is 9.69 Å². The van der Waals surface area contributed by atoms with E-state index in [9.17, 15) is 4.79 Å². The molecule has 0 aromatic heterocycles. The van der Waals surface area contributed by atoms with Crippen molar-refractivity contribution < 1.29 is 14.3 Å². The van der Waals surface area contributed by atoms with Crippen LogP contribution >= 0.6 is 23.4 Å². The SMILES string of the molecule is O=C(CCSc1ccc(Cl)cc1)N1CCN(Cc2ccc3c(c2)OCO3)CC1. The minimum atomic E-state index is 0.240. The second-order valence-corrected chi connectivity index (χ2v) is 8.50. The van der Waals surface area contributed by atoms with Crippen molar-refractivity contribution in [3.8, 4) is 11.5 Å². The molecule has 0 radical (unpaired) electrons. The van der Waals surface area contributed by atoms with Gasteiger partial charge in [0.2, 0.25) is 12.7 Å². The number of nitrogens with zero attached hydrogens (tertiary/aromatic N) is 2. The lowest BCUT2D eigenvalue weighted by molar-refractivity contribution is -0.132. The van der Waals surface area contributed by atoms with E-state index in [1.165, 1.54) is 5.56 Å². The summed E-state index contributed by atoms with van der Waals surface area (Å²) in [4.78, 5) is 18.0. The van der Waals surface area contributed by atoms with E-state index in [0.29, 0.717) is 13.2 Å². The molecule has 148 valence electrons. The molecule has 28 heavy (non-hydrogen) atoms. The van der Waals surface area contributed by atoms with E-state index < -0.39 is 0 Å². The highest BCUT2D eigenvalue weighted by Crippen LogP contribution is 2.32. The Bertz CT molecular complexity index is 823. The van der Waals surface area contributed by atoms with Crippen LogP contribution in [0.4, 0.5) is 0 Å². The molecule has 2 heterocycles. The Morgan fingerprint density at radius 1 is 1.00 bits per heavy atom. The zero-order valence-corrected chi connectivity index (χ0v) is 17.2. The van der Waals surface area contributed by atoms with Gasteiger partial charge >= 0.3 is 0 Å². The van der Waals surface area contributed by atoms with Crippen molar-refractivity contribution in [2.24, 2.45) is 0 Å². The number of amides is 1. The van der Waals surface area contributed by atoms with Crippen LogP contribution in [0.3, 0.4) is 0 Å². The van der Waals surface area contributed by atoms with Crippen molar-refractivity contribution in [2.45, 2.75) is 17.9 Å². The number of ether oxygens (including phenoxy) is 2. The highest BCUT2D eigenvalue weighted by Gasteiger charge is 2.21. The molecule has 0 saturated carbocycles. The van der Waals surface area contributed by atoms with E-state index in [0.717, 1.165) is 59.9 Å². The standard InChI is InChI=1S/C21H23ClN2O3S/c22-17-2-4-18(5-3-17)28-12-7-21(25)24-10-8-23(9-11-24)14-16-1-6-19-20(13-16)27-15-26-19/h1-6,13H,7-12,14-15H2. The largest absolute Gasteiger partial charge is 0.454 e. The number of carbonyl (C=O) groups excluding carboxylic acids is 1. The molecule has 2 aliphatic rings. The van der Waals surface area contributed by atoms with E-state index in [-0.39, 0.29) is 5.91 Å². The Morgan fingerprint density at radius 2 is 1.75 bits per heavy atom. The number of benzene rings is 2. The van der Waals surface area contributed by atoms with Gasteiger partial charge in [0.15, 0.2) is 11.5 Å². The normalized spacial score (nSPS) is 16.4. The molecule has 1 saturated heterocycles. The molecule has 0 spiro atoms. The van der Waals surface area contributed by atoms with Gasteiger partial charge in [0.05, 0.1) is 0 Å². The van der Waals surface area contributed by atoms with Crippen LogP contribution in [0.5, 0.6) is 11.5 Å². The van der Waals surface area contributed by atoms with Crippen LogP contribution in [-0.2, 0) is 11.3 Å². The molecule has 0 bridgehead atoms. The summed E-state index contributed by atoms with van der Waals surface area (Å²) in [5.74, 6) is 2.67. The van der Waals surface area contributed by atoms with Crippen LogP contribution in [0.15, 0.2) is 47.4 Å². The van der Waals surface area contributed by atoms with Crippen molar-refractivity contribution in [3.63, 3.8) is 0 Å². The number of hydrogen-bond donors (Lipinski definition) is 0. The van der Waals surface area contributed by atoms with Gasteiger partial charge in [-0.15, -0.1) is 11.8 Å². The first kappa shape index (κ1) is 19.4. The van der Waals surface area contributed by atoms with Crippen LogP contribution in [0.1, 0.15) is 12.0 Å². The molecule has 1 fully saturated rings. The van der Waals surface area contributed by atoms with Gasteiger partial charge in [0, 0.05) is 54.8 Å². The number of fused-ring (bicyclic) bond motifs is 1. The molecule has 2 aromatic rings. The van der Waals surface area contributed by atoms with Crippen LogP contribution < -0.4 is 9.47 Å². The third-order valence-electron chi connectivity index (χ3n) is 4.97. The molecule has 0 N–H and O–H groups in total. The Hall–Kier alpha value is -1.89. The fourth-order valence-electron chi connectivity index (χ4n) is 3.40. The number of rotatable bonds is 6. The summed E-state index contributed by atoms with van der Waals surface area (Å²) in [6.45, 7) is 4.53. The first-order chi connectivity index (χ1) is 13.7. The number of piperazine rings is 1. The molecular formula is C21H23ClN2O3S. The van der Waals surface area contributed by atoms with E-state index in [1.807, 2.05) is 41.3 Å². The van der Waals surface area contributed by atoms with Gasteiger partial charge < -0.3 is 14.4 Å². The average Bonchev–Trinajstić information content (AvgIpc) is 3.18. The first-order valence-corrected chi connectivity index (χ1v) is 10.8. The maximum absolute atomic E-state index is 12.5. The molecule has 7 heteroatoms. The van der Waals surface area contributed by atoms with Crippen LogP contribution in [-0.4, -0.2) is 54.4 Å². The summed E-state index contributed by atoms with van der Waals surface area (Å²) in [6, 6.07) is 13.8. The second-order valence-electron chi connectivity index (χ2n) is 6.90. The number of hydrogen-bond acceptors (Lipinski definition) is 5. The second kappa shape index (κ2) is 9.07. The molecule has 2 aliphatic heterocycles. The fraction of sp³-hybridized carbons (Fsp3) is 0.381. The minimum absolute atomic E-state index is 0.240. The van der Waals surface area contributed by atoms with Crippen molar-refractivity contribution in [3.05, 3.63) is 53.1 Å². The highest BCUT2D eigenvalue weighted by molar-refractivity contribution is 7.99. The Kier molecular flexibility index (Phi) is 6.29. The molecule has 1 amide bonds. The van der Waals surface area contributed by atoms with Crippen molar-refractivity contribution in [2.75, 3.05) is 38.7 Å². The molecule has 5 nitrogen and oxygen atoms in total. The lowest BCUT2D eigenvalue weighted by Gasteiger charge is -2.34. The van der Waals surface area contributed by atoms with E-state index >= 15 is 0 Å². The molecule has 4 rings (SSSR count). The molecule has 0 unspecified atom stereocenters. The maximum atomic E-state index is 12.5. The quantitative estimate of drug-likeness (QED) is 0.665. The summed E-state index contributed by atoms with van der Waals surface area (Å²) in [6.07, 6.45) is 0.565. The Balaban J connectivity index is 1.19. The van der Waals surface area contributed by atoms with E-state index in [4.69, 9.17) is 21.1 Å². The van der Waals surface area contributed by atoms with Crippen molar-refractivity contribution in [1.29, 1.82) is 0 Å². The van der Waals surface area contributed by atoms with Crippen molar-refractivity contribution >= 4 is 29.3 Å². The minimum Gasteiger partial charge on any atom is -0.454 e. The Labute approximate surface area is 174 Å². The zero-order valence-electron chi connectivity index (χ0n) is 15.6. The summed E-state index contributed by atoms with van der Waals surface area (Å²) < 4.78 is 10.8. The lowest BCUT2D eigenvalue weighted by Crippen LogP contribution is -2.48. The van der Waals surface area contributed by atoms with Crippen LogP contribution in [0.2, 0.25) is 5.02 Å². The fourth-order valence-corrected chi connectivity index (χ4v) is 4.36. The predicted octanol–water partition coefficient (Wildman–Crippen LogP) is 3.90. The lowest BCUT2D eigenvalue weighted by atomic mass is 10.1. The van der Waals surface area contributed by atoms with Gasteiger partial charge in [-0.1, -0.05) is 17.7 Å². The topological polar surface area (TPSA) is 42.0 Å². The number of halogens is 1. The van der Waals surface area contributed by atoms with Gasteiger partial charge in [-0.05, 0) is 42.0 Å². The van der Waals surface area contributed by atoms with E-state index in [2.05, 4.69) is 11.0 Å². The third-order valence-corrected chi connectivity index (χ3v) is 6.23. The van der Waals surface area contributed by atoms with Gasteiger partial charge in [-0.2, -0.15) is 0 Å². The smallest absolute Gasteiger partial charge is 0.231 e. The molecular weight excluding hydrogens is 396 g/mol. The molecule has 2 aromatic carbocycles. The highest BCUT2D eigenvalue weighted by atomic mass is 35.5. The molecule has 0 atom stereocenters. The summed E-state index contributed by atoms with van der Waals surface area (Å²) in [5.41, 5.74) is 1.21. The average molecular weight is 419 g/mol. The molecule has 0 aliphatic carbocycles. The first-order valence-electron chi connectivity index (χ1n) is 9.44. The number of carbonyl (C=O) groups is 1. The number of thioether (sulfide) groups is 1. The summed E-state index contributed by atoms with van der Waals surface area (Å²) in [7, 11) is 0. The van der Waals surface area contributed by atoms with Gasteiger partial charge in [0.1, 0.15) is 0 Å². The van der Waals surface area contributed by atoms with Crippen molar-refractivity contribution in [1.82, 2.24) is 9.80 Å². The zero-order chi connectivity index (χ0) is 19.3. The van der Waals surface area contributed by atoms with E-state index in [1.54, 1.807) is 11.8 Å². The predicted molar refractivity (Wildman–Crippen MR) is 111 cm³/mol. The van der Waals surface area contributed by atoms with Gasteiger partial charge in [0.25, 0.3) is 0 Å². The monoisotopic (exact) mass is 418 g/mol. The van der Waals surface area contributed by atoms with Crippen LogP contribution in [0, 0.1) is 0 Å². The summed E-state index contributed by atoms with van der Waals surface area (Å²) in [5, 5.41) is 0.735.